The first-order valence-electron chi connectivity index (χ1n) is 8.57. The molecule has 6 nitrogen and oxygen atoms in total. The minimum absolute atomic E-state index is 0.0724. The van der Waals surface area contributed by atoms with E-state index in [1.807, 2.05) is 36.4 Å². The van der Waals surface area contributed by atoms with E-state index in [1.54, 1.807) is 24.3 Å². The zero-order valence-electron chi connectivity index (χ0n) is 14.9. The van der Waals surface area contributed by atoms with Crippen molar-refractivity contribution in [2.45, 2.75) is 24.8 Å². The smallest absolute Gasteiger partial charge is 0.349 e. The van der Waals surface area contributed by atoms with E-state index >= 15 is 0 Å². The number of benzene rings is 2. The van der Waals surface area contributed by atoms with Crippen molar-refractivity contribution in [1.82, 2.24) is 0 Å². The van der Waals surface area contributed by atoms with Gasteiger partial charge in [-0.05, 0) is 17.7 Å². The summed E-state index contributed by atoms with van der Waals surface area (Å²) in [4.78, 5) is 41.6. The zero-order valence-corrected chi connectivity index (χ0v) is 14.9. The van der Waals surface area contributed by atoms with Gasteiger partial charge in [-0.2, -0.15) is 0 Å². The third-order valence-electron chi connectivity index (χ3n) is 4.39. The minimum atomic E-state index is -1.69. The van der Waals surface area contributed by atoms with E-state index < -0.39 is 23.3 Å². The Morgan fingerprint density at radius 3 is 2.26 bits per heavy atom. The summed E-state index contributed by atoms with van der Waals surface area (Å²) in [7, 11) is 1.25. The molecular formula is C21H19NO5. The van der Waals surface area contributed by atoms with Gasteiger partial charge < -0.3 is 9.47 Å². The van der Waals surface area contributed by atoms with Crippen molar-refractivity contribution in [2.24, 2.45) is 4.99 Å². The van der Waals surface area contributed by atoms with Gasteiger partial charge in [0.25, 0.3) is 0 Å². The highest BCUT2D eigenvalue weighted by Crippen LogP contribution is 2.30. The van der Waals surface area contributed by atoms with Crippen molar-refractivity contribution in [2.75, 3.05) is 7.11 Å². The third-order valence-corrected chi connectivity index (χ3v) is 4.39. The number of nitrogens with zero attached hydrogens (tertiary/aromatic N) is 1. The van der Waals surface area contributed by atoms with Crippen LogP contribution in [0.3, 0.4) is 0 Å². The van der Waals surface area contributed by atoms with Crippen molar-refractivity contribution in [3.8, 4) is 0 Å². The van der Waals surface area contributed by atoms with Gasteiger partial charge in [0.15, 0.2) is 5.78 Å². The Morgan fingerprint density at radius 2 is 1.63 bits per heavy atom. The van der Waals surface area contributed by atoms with Crippen molar-refractivity contribution in [1.29, 1.82) is 0 Å². The molecule has 138 valence electrons. The Balaban J connectivity index is 1.96. The van der Waals surface area contributed by atoms with Crippen molar-refractivity contribution < 1.29 is 23.9 Å². The quantitative estimate of drug-likeness (QED) is 0.556. The first-order valence-corrected chi connectivity index (χ1v) is 8.57. The van der Waals surface area contributed by atoms with Crippen LogP contribution in [-0.4, -0.2) is 36.3 Å². The topological polar surface area (TPSA) is 82.0 Å². The fraction of sp³-hybridized carbons (Fsp3) is 0.238. The molecule has 27 heavy (non-hydrogen) atoms. The van der Waals surface area contributed by atoms with Gasteiger partial charge in [0.1, 0.15) is 0 Å². The number of ketones is 1. The Morgan fingerprint density at radius 1 is 1.00 bits per heavy atom. The number of esters is 2. The Bertz CT molecular complexity index is 876. The maximum atomic E-state index is 13.0. The van der Waals surface area contributed by atoms with E-state index in [4.69, 9.17) is 4.74 Å². The second-order valence-corrected chi connectivity index (χ2v) is 6.19. The second-order valence-electron chi connectivity index (χ2n) is 6.19. The summed E-state index contributed by atoms with van der Waals surface area (Å²) in [5.74, 6) is -1.59. The van der Waals surface area contributed by atoms with E-state index in [0.29, 0.717) is 5.56 Å². The molecule has 0 amide bonds. The minimum Gasteiger partial charge on any atom is -0.469 e. The summed E-state index contributed by atoms with van der Waals surface area (Å²) in [6.07, 6.45) is -0.196. The number of methoxy groups -OCH3 is 1. The SMILES string of the molecule is COC(=O)CCC(=O)C1(Cc2ccccc2)N=C(c2ccccc2)OC1=O. The summed E-state index contributed by atoms with van der Waals surface area (Å²) in [6.45, 7) is 0. The highest BCUT2D eigenvalue weighted by Gasteiger charge is 2.52. The lowest BCUT2D eigenvalue weighted by molar-refractivity contribution is -0.147. The average Bonchev–Trinajstić information content (AvgIpc) is 3.04. The van der Waals surface area contributed by atoms with Crippen LogP contribution in [-0.2, 0) is 30.3 Å². The maximum Gasteiger partial charge on any atom is 0.349 e. The van der Waals surface area contributed by atoms with Gasteiger partial charge in [-0.15, -0.1) is 0 Å². The Kier molecular flexibility index (Phi) is 5.45. The molecule has 0 aliphatic carbocycles. The van der Waals surface area contributed by atoms with E-state index in [1.165, 1.54) is 7.11 Å². The molecule has 1 heterocycles. The number of Topliss-reactive ketones (excluding diaryl/α,β-unsaturated/α-hetero) is 1. The number of aliphatic imine (C=N–C) groups is 1. The van der Waals surface area contributed by atoms with Gasteiger partial charge in [-0.25, -0.2) is 9.79 Å². The standard InChI is InChI=1S/C21H19NO5/c1-26-18(24)13-12-17(23)21(14-15-8-4-2-5-9-15)20(25)27-19(22-21)16-10-6-3-7-11-16/h2-11H,12-14H2,1H3. The predicted molar refractivity (Wildman–Crippen MR) is 98.2 cm³/mol. The van der Waals surface area contributed by atoms with E-state index in [-0.39, 0.29) is 25.2 Å². The Labute approximate surface area is 156 Å². The number of hydrogen-bond acceptors (Lipinski definition) is 6. The van der Waals surface area contributed by atoms with E-state index in [0.717, 1.165) is 5.56 Å². The fourth-order valence-electron chi connectivity index (χ4n) is 2.92. The van der Waals surface area contributed by atoms with E-state index in [2.05, 4.69) is 9.73 Å². The summed E-state index contributed by atoms with van der Waals surface area (Å²) in [5.41, 5.74) is -0.305. The predicted octanol–water partition coefficient (Wildman–Crippen LogP) is 2.49. The molecule has 3 rings (SSSR count). The number of carbonyl (C=O) groups excluding carboxylic acids is 3. The van der Waals surface area contributed by atoms with Crippen molar-refractivity contribution in [3.63, 3.8) is 0 Å². The van der Waals surface area contributed by atoms with Crippen LogP contribution in [0.1, 0.15) is 24.0 Å². The third kappa shape index (κ3) is 3.95. The van der Waals surface area contributed by atoms with Crippen LogP contribution < -0.4 is 0 Å². The van der Waals surface area contributed by atoms with Gasteiger partial charge in [0, 0.05) is 18.4 Å². The van der Waals surface area contributed by atoms with Crippen LogP contribution in [0, 0.1) is 0 Å². The molecule has 1 aliphatic heterocycles. The largest absolute Gasteiger partial charge is 0.469 e. The van der Waals surface area contributed by atoms with Crippen LogP contribution in [0.15, 0.2) is 65.7 Å². The highest BCUT2D eigenvalue weighted by molar-refractivity contribution is 6.19. The average molecular weight is 365 g/mol. The molecule has 2 aromatic rings. The van der Waals surface area contributed by atoms with Crippen LogP contribution in [0.4, 0.5) is 0 Å². The van der Waals surface area contributed by atoms with Crippen LogP contribution in [0.2, 0.25) is 0 Å². The lowest BCUT2D eigenvalue weighted by Crippen LogP contribution is -2.45. The molecule has 0 N–H and O–H groups in total. The number of rotatable bonds is 7. The van der Waals surface area contributed by atoms with Crippen molar-refractivity contribution >= 4 is 23.6 Å². The second kappa shape index (κ2) is 7.95. The summed E-state index contributed by atoms with van der Waals surface area (Å²) >= 11 is 0. The molecule has 1 atom stereocenters. The van der Waals surface area contributed by atoms with E-state index in [9.17, 15) is 14.4 Å². The molecule has 0 bridgehead atoms. The molecule has 0 radical (unpaired) electrons. The summed E-state index contributed by atoms with van der Waals surface area (Å²) in [6, 6.07) is 18.1. The summed E-state index contributed by atoms with van der Waals surface area (Å²) in [5, 5.41) is 0. The Hall–Kier alpha value is -3.28. The molecule has 0 aromatic heterocycles. The molecule has 1 unspecified atom stereocenters. The number of carbonyl (C=O) groups is 3. The van der Waals surface area contributed by atoms with Crippen LogP contribution in [0.5, 0.6) is 0 Å². The molecule has 1 aliphatic rings. The molecular weight excluding hydrogens is 346 g/mol. The molecule has 0 saturated heterocycles. The van der Waals surface area contributed by atoms with Gasteiger partial charge >= 0.3 is 11.9 Å². The van der Waals surface area contributed by atoms with Gasteiger partial charge in [-0.1, -0.05) is 48.5 Å². The van der Waals surface area contributed by atoms with Gasteiger partial charge in [-0.3, -0.25) is 9.59 Å². The van der Waals surface area contributed by atoms with Crippen LogP contribution in [0.25, 0.3) is 0 Å². The number of ether oxygens (including phenoxy) is 2. The molecule has 0 saturated carbocycles. The first-order chi connectivity index (χ1) is 13.0. The summed E-state index contributed by atoms with van der Waals surface area (Å²) < 4.78 is 9.95. The van der Waals surface area contributed by atoms with Crippen LogP contribution >= 0.6 is 0 Å². The first kappa shape index (κ1) is 18.5. The lowest BCUT2D eigenvalue weighted by atomic mass is 9.85. The molecule has 0 spiro atoms. The number of cyclic esters (lactones) is 1. The fourth-order valence-corrected chi connectivity index (χ4v) is 2.92. The monoisotopic (exact) mass is 365 g/mol. The molecule has 6 heteroatoms. The highest BCUT2D eigenvalue weighted by atomic mass is 16.6. The maximum absolute atomic E-state index is 13.0. The normalized spacial score (nSPS) is 18.6. The van der Waals surface area contributed by atoms with Gasteiger partial charge in [0.05, 0.1) is 13.5 Å². The van der Waals surface area contributed by atoms with Gasteiger partial charge in [0.2, 0.25) is 11.4 Å². The zero-order chi connectivity index (χ0) is 19.3. The molecule has 0 fully saturated rings. The lowest BCUT2D eigenvalue weighted by Gasteiger charge is -2.20. The van der Waals surface area contributed by atoms with Crippen molar-refractivity contribution in [3.05, 3.63) is 71.8 Å². The number of hydrogen-bond donors (Lipinski definition) is 0. The molecule has 2 aromatic carbocycles.